The van der Waals surface area contributed by atoms with E-state index >= 15 is 0 Å². The van der Waals surface area contributed by atoms with Gasteiger partial charge < -0.3 is 5.32 Å². The Hall–Kier alpha value is -3.22. The van der Waals surface area contributed by atoms with Crippen LogP contribution in [0.1, 0.15) is 42.3 Å². The first kappa shape index (κ1) is 19.5. The molecule has 2 heterocycles. The van der Waals surface area contributed by atoms with Crippen molar-refractivity contribution in [3.63, 3.8) is 0 Å². The van der Waals surface area contributed by atoms with Crippen molar-refractivity contribution in [1.82, 2.24) is 14.1 Å². The maximum Gasteiger partial charge on any atom is 0.332 e. The summed E-state index contributed by atoms with van der Waals surface area (Å²) < 4.78 is 2.31. The number of carbonyl (C=O) groups is 1. The predicted molar refractivity (Wildman–Crippen MR) is 110 cm³/mol. The fraction of sp³-hybridized carbons (Fsp3) is 0.333. The standard InChI is InChI=1S/C21H24N4O3/c1-12-11-22-17-15(19(27)25(6)20(28)24(17)5)16(12)23-18(26)13-7-9-14(10-8-13)21(2,3)4/h7-11H,1-6H3,(H,22,23,26). The van der Waals surface area contributed by atoms with Crippen LogP contribution in [0.25, 0.3) is 11.0 Å². The summed E-state index contributed by atoms with van der Waals surface area (Å²) in [5.74, 6) is -0.327. The number of hydrogen-bond donors (Lipinski definition) is 1. The lowest BCUT2D eigenvalue weighted by Gasteiger charge is -2.19. The van der Waals surface area contributed by atoms with Crippen LogP contribution in [0.3, 0.4) is 0 Å². The van der Waals surface area contributed by atoms with Gasteiger partial charge in [0.05, 0.1) is 5.69 Å². The molecule has 0 aliphatic rings. The van der Waals surface area contributed by atoms with E-state index in [-0.39, 0.29) is 22.4 Å². The molecule has 0 fully saturated rings. The highest BCUT2D eigenvalue weighted by atomic mass is 16.2. The van der Waals surface area contributed by atoms with Gasteiger partial charge in [0.2, 0.25) is 0 Å². The molecule has 0 aliphatic heterocycles. The fourth-order valence-electron chi connectivity index (χ4n) is 3.09. The number of hydrogen-bond acceptors (Lipinski definition) is 4. The number of carbonyl (C=O) groups excluding carboxylic acids is 1. The second-order valence-corrected chi connectivity index (χ2v) is 8.00. The summed E-state index contributed by atoms with van der Waals surface area (Å²) in [7, 11) is 2.95. The summed E-state index contributed by atoms with van der Waals surface area (Å²) in [6.07, 6.45) is 1.54. The van der Waals surface area contributed by atoms with Crippen LogP contribution in [0, 0.1) is 6.92 Å². The Labute approximate surface area is 162 Å². The number of aryl methyl sites for hydroxylation is 2. The van der Waals surface area contributed by atoms with Crippen LogP contribution in [0.2, 0.25) is 0 Å². The number of anilines is 1. The van der Waals surface area contributed by atoms with Gasteiger partial charge >= 0.3 is 5.69 Å². The van der Waals surface area contributed by atoms with Crippen LogP contribution in [0.15, 0.2) is 40.1 Å². The van der Waals surface area contributed by atoms with Gasteiger partial charge in [-0.15, -0.1) is 0 Å². The molecule has 7 heteroatoms. The largest absolute Gasteiger partial charge is 0.332 e. The lowest BCUT2D eigenvalue weighted by atomic mass is 9.86. The van der Waals surface area contributed by atoms with Crippen molar-refractivity contribution < 1.29 is 4.79 Å². The van der Waals surface area contributed by atoms with E-state index in [0.717, 1.165) is 10.1 Å². The smallest absolute Gasteiger partial charge is 0.321 e. The van der Waals surface area contributed by atoms with Crippen LogP contribution in [-0.4, -0.2) is 20.0 Å². The molecular weight excluding hydrogens is 356 g/mol. The third-order valence-electron chi connectivity index (χ3n) is 4.91. The van der Waals surface area contributed by atoms with Gasteiger partial charge in [-0.3, -0.25) is 18.7 Å². The molecule has 7 nitrogen and oxygen atoms in total. The van der Waals surface area contributed by atoms with E-state index in [9.17, 15) is 14.4 Å². The Morgan fingerprint density at radius 2 is 1.64 bits per heavy atom. The molecular formula is C21H24N4O3. The zero-order chi connectivity index (χ0) is 20.8. The van der Waals surface area contributed by atoms with Crippen molar-refractivity contribution in [2.24, 2.45) is 14.1 Å². The minimum Gasteiger partial charge on any atom is -0.321 e. The lowest BCUT2D eigenvalue weighted by molar-refractivity contribution is 0.102. The van der Waals surface area contributed by atoms with Crippen molar-refractivity contribution in [1.29, 1.82) is 0 Å². The topological polar surface area (TPSA) is 86.0 Å². The molecule has 0 atom stereocenters. The van der Waals surface area contributed by atoms with Crippen molar-refractivity contribution in [2.45, 2.75) is 33.1 Å². The molecule has 3 aromatic rings. The number of rotatable bonds is 2. The quantitative estimate of drug-likeness (QED) is 0.740. The van der Waals surface area contributed by atoms with E-state index in [1.807, 2.05) is 12.1 Å². The average Bonchev–Trinajstić information content (AvgIpc) is 2.65. The summed E-state index contributed by atoms with van der Waals surface area (Å²) in [4.78, 5) is 41.9. The Kier molecular flexibility index (Phi) is 4.71. The molecule has 1 amide bonds. The summed E-state index contributed by atoms with van der Waals surface area (Å²) in [5, 5.41) is 3.05. The van der Waals surface area contributed by atoms with Crippen molar-refractivity contribution in [3.05, 3.63) is 68.0 Å². The first-order chi connectivity index (χ1) is 13.0. The SMILES string of the molecule is Cc1cnc2c(c1NC(=O)c1ccc(C(C)(C)C)cc1)c(=O)n(C)c(=O)n2C. The van der Waals surface area contributed by atoms with Gasteiger partial charge in [-0.05, 0) is 35.6 Å². The zero-order valence-corrected chi connectivity index (χ0v) is 17.0. The molecule has 0 radical (unpaired) electrons. The van der Waals surface area contributed by atoms with Crippen molar-refractivity contribution in [3.8, 4) is 0 Å². The van der Waals surface area contributed by atoms with E-state index in [4.69, 9.17) is 0 Å². The van der Waals surface area contributed by atoms with Gasteiger partial charge in [0.25, 0.3) is 11.5 Å². The maximum absolute atomic E-state index is 12.8. The van der Waals surface area contributed by atoms with Gasteiger partial charge in [0.15, 0.2) is 5.65 Å². The number of nitrogens with one attached hydrogen (secondary N) is 1. The number of amides is 1. The first-order valence-electron chi connectivity index (χ1n) is 8.99. The predicted octanol–water partition coefficient (Wildman–Crippen LogP) is 2.49. The molecule has 0 saturated heterocycles. The van der Waals surface area contributed by atoms with Gasteiger partial charge in [0.1, 0.15) is 5.39 Å². The monoisotopic (exact) mass is 380 g/mol. The van der Waals surface area contributed by atoms with Crippen LogP contribution >= 0.6 is 0 Å². The second kappa shape index (κ2) is 6.74. The highest BCUT2D eigenvalue weighted by molar-refractivity contribution is 6.08. The Morgan fingerprint density at radius 3 is 2.21 bits per heavy atom. The molecule has 1 N–H and O–H groups in total. The lowest BCUT2D eigenvalue weighted by Crippen LogP contribution is -2.37. The summed E-state index contributed by atoms with van der Waals surface area (Å²) in [6.45, 7) is 8.08. The Morgan fingerprint density at radius 1 is 1.04 bits per heavy atom. The van der Waals surface area contributed by atoms with Crippen LogP contribution in [0.4, 0.5) is 5.69 Å². The number of fused-ring (bicyclic) bond motifs is 1. The molecule has 28 heavy (non-hydrogen) atoms. The molecule has 0 unspecified atom stereocenters. The molecule has 146 valence electrons. The third kappa shape index (κ3) is 3.24. The highest BCUT2D eigenvalue weighted by Gasteiger charge is 2.19. The van der Waals surface area contributed by atoms with Crippen molar-refractivity contribution in [2.75, 3.05) is 5.32 Å². The van der Waals surface area contributed by atoms with E-state index in [2.05, 4.69) is 31.1 Å². The van der Waals surface area contributed by atoms with E-state index < -0.39 is 11.2 Å². The zero-order valence-electron chi connectivity index (χ0n) is 17.0. The number of pyridine rings is 1. The average molecular weight is 380 g/mol. The Bertz CT molecular complexity index is 1200. The minimum atomic E-state index is -0.493. The van der Waals surface area contributed by atoms with Crippen LogP contribution < -0.4 is 16.6 Å². The Balaban J connectivity index is 2.10. The van der Waals surface area contributed by atoms with E-state index in [0.29, 0.717) is 16.8 Å². The fourth-order valence-corrected chi connectivity index (χ4v) is 3.09. The number of aromatic nitrogens is 3. The molecule has 3 rings (SSSR count). The highest BCUT2D eigenvalue weighted by Crippen LogP contribution is 2.24. The molecule has 0 bridgehead atoms. The van der Waals surface area contributed by atoms with E-state index in [1.54, 1.807) is 32.3 Å². The maximum atomic E-state index is 12.8. The molecule has 0 spiro atoms. The summed E-state index contributed by atoms with van der Waals surface area (Å²) >= 11 is 0. The third-order valence-corrected chi connectivity index (χ3v) is 4.91. The number of benzene rings is 1. The second-order valence-electron chi connectivity index (χ2n) is 8.00. The van der Waals surface area contributed by atoms with E-state index in [1.165, 1.54) is 11.6 Å². The normalized spacial score (nSPS) is 11.6. The van der Waals surface area contributed by atoms with Gasteiger partial charge in [-0.1, -0.05) is 32.9 Å². The van der Waals surface area contributed by atoms with Crippen molar-refractivity contribution >= 4 is 22.6 Å². The summed E-state index contributed by atoms with van der Waals surface area (Å²) in [5.41, 5.74) is 1.88. The molecule has 0 saturated carbocycles. The molecule has 2 aromatic heterocycles. The summed E-state index contributed by atoms with van der Waals surface area (Å²) in [6, 6.07) is 7.38. The molecule has 0 aliphatic carbocycles. The van der Waals surface area contributed by atoms with Gasteiger partial charge in [-0.25, -0.2) is 9.78 Å². The minimum absolute atomic E-state index is 0.0100. The van der Waals surface area contributed by atoms with Gasteiger partial charge in [0, 0.05) is 25.9 Å². The number of nitrogens with zero attached hydrogens (tertiary/aromatic N) is 3. The van der Waals surface area contributed by atoms with Gasteiger partial charge in [-0.2, -0.15) is 0 Å². The van der Waals surface area contributed by atoms with Crippen LogP contribution in [0.5, 0.6) is 0 Å². The van der Waals surface area contributed by atoms with Crippen LogP contribution in [-0.2, 0) is 19.5 Å². The molecule has 1 aromatic carbocycles. The first-order valence-corrected chi connectivity index (χ1v) is 8.99.